The lowest BCUT2D eigenvalue weighted by molar-refractivity contribution is 0.0378. The maximum Gasteiger partial charge on any atom is 0.338 e. The predicted octanol–water partition coefficient (Wildman–Crippen LogP) is 1.78. The van der Waals surface area contributed by atoms with Gasteiger partial charge in [-0.2, -0.15) is 0 Å². The standard InChI is InChI=1S/C14H16N4O3/c1-8(2)21-13(20)10-5-4-6-11(7-10)15-14-16-12(19)9(3)17-18-14/h4-8H,1-3H3,(H2,15,16,18,19). The molecule has 1 aromatic heterocycles. The number of aromatic nitrogens is 3. The molecule has 1 heterocycles. The van der Waals surface area contributed by atoms with Crippen molar-refractivity contribution in [2.24, 2.45) is 0 Å². The van der Waals surface area contributed by atoms with Gasteiger partial charge in [-0.25, -0.2) is 4.79 Å². The summed E-state index contributed by atoms with van der Waals surface area (Å²) >= 11 is 0. The molecule has 0 unspecified atom stereocenters. The molecular weight excluding hydrogens is 272 g/mol. The first-order valence-electron chi connectivity index (χ1n) is 6.47. The van der Waals surface area contributed by atoms with E-state index in [9.17, 15) is 9.59 Å². The van der Waals surface area contributed by atoms with Crippen LogP contribution in [0.5, 0.6) is 0 Å². The number of H-pyrrole nitrogens is 1. The summed E-state index contributed by atoms with van der Waals surface area (Å²) in [5.74, 6) is -0.197. The lowest BCUT2D eigenvalue weighted by Gasteiger charge is -2.09. The molecule has 0 aliphatic heterocycles. The van der Waals surface area contributed by atoms with Crippen LogP contribution in [0.25, 0.3) is 0 Å². The fourth-order valence-electron chi connectivity index (χ4n) is 1.59. The number of esters is 1. The fraction of sp³-hybridized carbons (Fsp3) is 0.286. The van der Waals surface area contributed by atoms with Gasteiger partial charge in [-0.3, -0.25) is 9.78 Å². The third-order valence-electron chi connectivity index (χ3n) is 2.56. The molecule has 0 bridgehead atoms. The summed E-state index contributed by atoms with van der Waals surface area (Å²) in [6, 6.07) is 6.72. The molecule has 0 aliphatic rings. The van der Waals surface area contributed by atoms with Crippen molar-refractivity contribution in [1.29, 1.82) is 0 Å². The zero-order valence-corrected chi connectivity index (χ0v) is 12.0. The molecular formula is C14H16N4O3. The Kier molecular flexibility index (Phi) is 4.32. The molecule has 0 aliphatic carbocycles. The summed E-state index contributed by atoms with van der Waals surface area (Å²) in [5, 5.41) is 10.4. The first-order valence-corrected chi connectivity index (χ1v) is 6.47. The molecule has 0 spiro atoms. The van der Waals surface area contributed by atoms with E-state index in [0.29, 0.717) is 11.3 Å². The minimum Gasteiger partial charge on any atom is -0.459 e. The van der Waals surface area contributed by atoms with Gasteiger partial charge in [0.25, 0.3) is 5.56 Å². The highest BCUT2D eigenvalue weighted by atomic mass is 16.5. The van der Waals surface area contributed by atoms with Crippen LogP contribution in [0.1, 0.15) is 29.9 Å². The minimum atomic E-state index is -0.405. The molecule has 7 heteroatoms. The second-order valence-electron chi connectivity index (χ2n) is 4.75. The van der Waals surface area contributed by atoms with Crippen LogP contribution >= 0.6 is 0 Å². The molecule has 1 aromatic carbocycles. The number of hydrogen-bond donors (Lipinski definition) is 2. The Morgan fingerprint density at radius 3 is 2.76 bits per heavy atom. The molecule has 7 nitrogen and oxygen atoms in total. The van der Waals surface area contributed by atoms with Crippen LogP contribution in [0.15, 0.2) is 29.1 Å². The van der Waals surface area contributed by atoms with E-state index in [1.807, 2.05) is 0 Å². The predicted molar refractivity (Wildman–Crippen MR) is 77.7 cm³/mol. The van der Waals surface area contributed by atoms with Gasteiger partial charge in [0.1, 0.15) is 5.69 Å². The van der Waals surface area contributed by atoms with Crippen LogP contribution in [-0.4, -0.2) is 27.3 Å². The highest BCUT2D eigenvalue weighted by Gasteiger charge is 2.10. The van der Waals surface area contributed by atoms with E-state index in [-0.39, 0.29) is 23.3 Å². The van der Waals surface area contributed by atoms with E-state index in [4.69, 9.17) is 4.74 Å². The number of aryl methyl sites for hydroxylation is 1. The zero-order chi connectivity index (χ0) is 15.4. The van der Waals surface area contributed by atoms with Gasteiger partial charge in [0, 0.05) is 5.69 Å². The average Bonchev–Trinajstić information content (AvgIpc) is 2.42. The molecule has 0 atom stereocenters. The van der Waals surface area contributed by atoms with Crippen LogP contribution in [0.2, 0.25) is 0 Å². The smallest absolute Gasteiger partial charge is 0.338 e. The monoisotopic (exact) mass is 288 g/mol. The number of ether oxygens (including phenoxy) is 1. The Morgan fingerprint density at radius 1 is 1.33 bits per heavy atom. The Morgan fingerprint density at radius 2 is 2.10 bits per heavy atom. The SMILES string of the molecule is Cc1nnc(Nc2cccc(C(=O)OC(C)C)c2)[nH]c1=O. The van der Waals surface area contributed by atoms with E-state index < -0.39 is 5.97 Å². The number of benzene rings is 1. The number of rotatable bonds is 4. The first-order chi connectivity index (χ1) is 9.95. The van der Waals surface area contributed by atoms with Crippen LogP contribution in [0.4, 0.5) is 11.6 Å². The zero-order valence-electron chi connectivity index (χ0n) is 12.0. The largest absolute Gasteiger partial charge is 0.459 e. The van der Waals surface area contributed by atoms with Gasteiger partial charge in [-0.15, -0.1) is 10.2 Å². The Hall–Kier alpha value is -2.70. The van der Waals surface area contributed by atoms with Gasteiger partial charge >= 0.3 is 5.97 Å². The minimum absolute atomic E-state index is 0.187. The number of nitrogens with zero attached hydrogens (tertiary/aromatic N) is 2. The third kappa shape index (κ3) is 3.88. The fourth-order valence-corrected chi connectivity index (χ4v) is 1.59. The van der Waals surface area contributed by atoms with E-state index in [2.05, 4.69) is 20.5 Å². The van der Waals surface area contributed by atoms with Crippen LogP contribution < -0.4 is 10.9 Å². The van der Waals surface area contributed by atoms with Crippen molar-refractivity contribution in [2.45, 2.75) is 26.9 Å². The normalized spacial score (nSPS) is 10.5. The van der Waals surface area contributed by atoms with Gasteiger partial charge in [0.05, 0.1) is 11.7 Å². The lowest BCUT2D eigenvalue weighted by Crippen LogP contribution is -2.16. The number of anilines is 2. The summed E-state index contributed by atoms with van der Waals surface area (Å²) in [7, 11) is 0. The average molecular weight is 288 g/mol. The molecule has 0 amide bonds. The summed E-state index contributed by atoms with van der Waals surface area (Å²) in [6.07, 6.45) is -0.187. The van der Waals surface area contributed by atoms with Crippen molar-refractivity contribution in [1.82, 2.24) is 15.2 Å². The number of nitrogens with one attached hydrogen (secondary N) is 2. The Balaban J connectivity index is 2.19. The number of aromatic amines is 1. The molecule has 2 rings (SSSR count). The van der Waals surface area contributed by atoms with Crippen molar-refractivity contribution in [3.05, 3.63) is 45.9 Å². The topological polar surface area (TPSA) is 97.0 Å². The molecule has 2 N–H and O–H groups in total. The molecule has 0 saturated heterocycles. The Labute approximate surface area is 121 Å². The number of hydrogen-bond acceptors (Lipinski definition) is 6. The van der Waals surface area contributed by atoms with Crippen molar-refractivity contribution in [2.75, 3.05) is 5.32 Å². The van der Waals surface area contributed by atoms with Gasteiger partial charge in [0.2, 0.25) is 5.95 Å². The number of carbonyl (C=O) groups excluding carboxylic acids is 1. The van der Waals surface area contributed by atoms with Gasteiger partial charge in [0.15, 0.2) is 0 Å². The first kappa shape index (κ1) is 14.7. The van der Waals surface area contributed by atoms with Crippen molar-refractivity contribution in [3.8, 4) is 0 Å². The third-order valence-corrected chi connectivity index (χ3v) is 2.56. The van der Waals surface area contributed by atoms with Crippen molar-refractivity contribution >= 4 is 17.6 Å². The molecule has 0 radical (unpaired) electrons. The summed E-state index contributed by atoms with van der Waals surface area (Å²) in [5.41, 5.74) is 0.982. The van der Waals surface area contributed by atoms with Gasteiger partial charge < -0.3 is 10.1 Å². The van der Waals surface area contributed by atoms with Gasteiger partial charge in [-0.05, 0) is 39.0 Å². The van der Waals surface area contributed by atoms with Crippen LogP contribution in [0.3, 0.4) is 0 Å². The molecule has 0 saturated carbocycles. The highest BCUT2D eigenvalue weighted by Crippen LogP contribution is 2.15. The van der Waals surface area contributed by atoms with Gasteiger partial charge in [-0.1, -0.05) is 6.07 Å². The van der Waals surface area contributed by atoms with E-state index in [0.717, 1.165) is 0 Å². The van der Waals surface area contributed by atoms with Crippen LogP contribution in [-0.2, 0) is 4.74 Å². The van der Waals surface area contributed by atoms with E-state index >= 15 is 0 Å². The van der Waals surface area contributed by atoms with Crippen LogP contribution in [0, 0.1) is 6.92 Å². The van der Waals surface area contributed by atoms with E-state index in [1.165, 1.54) is 0 Å². The number of carbonyl (C=O) groups is 1. The summed E-state index contributed by atoms with van der Waals surface area (Å²) in [6.45, 7) is 5.14. The molecule has 0 fully saturated rings. The Bertz CT molecular complexity index is 709. The summed E-state index contributed by atoms with van der Waals surface area (Å²) in [4.78, 5) is 25.8. The van der Waals surface area contributed by atoms with Crippen molar-refractivity contribution in [3.63, 3.8) is 0 Å². The van der Waals surface area contributed by atoms with Crippen molar-refractivity contribution < 1.29 is 9.53 Å². The van der Waals surface area contributed by atoms with E-state index in [1.54, 1.807) is 45.0 Å². The molecule has 21 heavy (non-hydrogen) atoms. The second-order valence-corrected chi connectivity index (χ2v) is 4.75. The second kappa shape index (κ2) is 6.17. The quantitative estimate of drug-likeness (QED) is 0.832. The maximum atomic E-state index is 11.8. The summed E-state index contributed by atoms with van der Waals surface area (Å²) < 4.78 is 5.12. The lowest BCUT2D eigenvalue weighted by atomic mass is 10.2. The molecule has 2 aromatic rings. The maximum absolute atomic E-state index is 11.8. The highest BCUT2D eigenvalue weighted by molar-refractivity contribution is 5.90. The molecule has 110 valence electrons.